The van der Waals surface area contributed by atoms with Gasteiger partial charge in [-0.05, 0) is 51.4 Å². The van der Waals surface area contributed by atoms with Crippen LogP contribution in [0.5, 0.6) is 0 Å². The van der Waals surface area contributed by atoms with Crippen LogP contribution in [0.15, 0.2) is 24.8 Å². The number of amides is 1. The van der Waals surface area contributed by atoms with E-state index in [2.05, 4.69) is 47.0 Å². The van der Waals surface area contributed by atoms with Gasteiger partial charge in [-0.2, -0.15) is 0 Å². The van der Waals surface area contributed by atoms with Crippen molar-refractivity contribution in [2.75, 3.05) is 13.2 Å². The lowest BCUT2D eigenvalue weighted by Gasteiger charge is -2.38. The van der Waals surface area contributed by atoms with Gasteiger partial charge in [0.05, 0.1) is 19.2 Å². The number of rotatable bonds is 8. The molecule has 0 bridgehead atoms. The SMILES string of the molecule is C=CC(CO[Si](C)(C)C(C)(C)C)N(CC(=O)C(=C)C)C(=O)OC(C)(C)C. The molecule has 26 heavy (non-hydrogen) atoms. The van der Waals surface area contributed by atoms with Gasteiger partial charge in [-0.15, -0.1) is 6.58 Å². The minimum atomic E-state index is -2.00. The van der Waals surface area contributed by atoms with Crippen LogP contribution in [0.1, 0.15) is 48.5 Å². The Labute approximate surface area is 160 Å². The van der Waals surface area contributed by atoms with Gasteiger partial charge in [0.1, 0.15) is 5.60 Å². The lowest BCUT2D eigenvalue weighted by molar-refractivity contribution is -0.117. The maximum absolute atomic E-state index is 12.7. The Bertz CT molecular complexity index is 541. The van der Waals surface area contributed by atoms with Gasteiger partial charge in [0.25, 0.3) is 0 Å². The Balaban J connectivity index is 5.46. The minimum absolute atomic E-state index is 0.0446. The van der Waals surface area contributed by atoms with E-state index in [0.29, 0.717) is 5.57 Å². The number of nitrogens with zero attached hydrogens (tertiary/aromatic N) is 1. The quantitative estimate of drug-likeness (QED) is 0.338. The van der Waals surface area contributed by atoms with Gasteiger partial charge in [0.15, 0.2) is 14.1 Å². The zero-order valence-electron chi connectivity index (χ0n) is 18.1. The molecule has 0 aromatic heterocycles. The number of carbonyl (C=O) groups excluding carboxylic acids is 2. The summed E-state index contributed by atoms with van der Waals surface area (Å²) in [6.07, 6.45) is 1.07. The molecule has 0 aliphatic heterocycles. The molecule has 0 radical (unpaired) electrons. The van der Waals surface area contributed by atoms with Crippen molar-refractivity contribution in [3.05, 3.63) is 24.8 Å². The topological polar surface area (TPSA) is 55.8 Å². The second-order valence-corrected chi connectivity index (χ2v) is 14.0. The molecule has 0 aliphatic carbocycles. The van der Waals surface area contributed by atoms with Crippen molar-refractivity contribution in [3.8, 4) is 0 Å². The fraction of sp³-hybridized carbons (Fsp3) is 0.700. The van der Waals surface area contributed by atoms with Gasteiger partial charge in [0.2, 0.25) is 0 Å². The molecule has 0 rings (SSSR count). The third-order valence-corrected chi connectivity index (χ3v) is 9.01. The highest BCUT2D eigenvalue weighted by Crippen LogP contribution is 2.36. The number of carbonyl (C=O) groups is 2. The van der Waals surface area contributed by atoms with Crippen LogP contribution in [0.4, 0.5) is 4.79 Å². The number of ketones is 1. The number of hydrogen-bond donors (Lipinski definition) is 0. The Morgan fingerprint density at radius 1 is 1.15 bits per heavy atom. The standard InChI is InChI=1S/C20H37NO4Si/c1-12-16(14-24-26(10,11)20(7,8)9)21(13-17(22)15(2)3)18(23)25-19(4,5)6/h12,16H,1-2,13-14H2,3-11H3. The summed E-state index contributed by atoms with van der Waals surface area (Å²) in [6.45, 7) is 25.4. The van der Waals surface area contributed by atoms with Crippen molar-refractivity contribution >= 4 is 20.2 Å². The van der Waals surface area contributed by atoms with E-state index in [1.165, 1.54) is 4.90 Å². The maximum atomic E-state index is 12.7. The zero-order chi connectivity index (χ0) is 20.9. The van der Waals surface area contributed by atoms with E-state index in [-0.39, 0.29) is 24.0 Å². The summed E-state index contributed by atoms with van der Waals surface area (Å²) in [5, 5.41) is 0.0446. The molecule has 0 N–H and O–H groups in total. The summed E-state index contributed by atoms with van der Waals surface area (Å²) in [7, 11) is -2.00. The van der Waals surface area contributed by atoms with E-state index in [0.717, 1.165) is 0 Å². The third kappa shape index (κ3) is 7.87. The van der Waals surface area contributed by atoms with E-state index in [9.17, 15) is 9.59 Å². The predicted octanol–water partition coefficient (Wildman–Crippen LogP) is 4.95. The van der Waals surface area contributed by atoms with E-state index >= 15 is 0 Å². The van der Waals surface area contributed by atoms with Crippen LogP contribution in [0.3, 0.4) is 0 Å². The fourth-order valence-corrected chi connectivity index (χ4v) is 2.74. The lowest BCUT2D eigenvalue weighted by Crippen LogP contribution is -2.50. The first-order valence-corrected chi connectivity index (χ1v) is 11.9. The molecule has 0 heterocycles. The highest BCUT2D eigenvalue weighted by Gasteiger charge is 2.38. The lowest BCUT2D eigenvalue weighted by atomic mass is 10.1. The molecule has 0 spiro atoms. The van der Waals surface area contributed by atoms with E-state index in [1.807, 2.05) is 0 Å². The Kier molecular flexibility index (Phi) is 8.51. The molecule has 5 nitrogen and oxygen atoms in total. The first kappa shape index (κ1) is 24.6. The van der Waals surface area contributed by atoms with Crippen molar-refractivity contribution in [2.24, 2.45) is 0 Å². The second-order valence-electron chi connectivity index (χ2n) is 9.19. The van der Waals surface area contributed by atoms with Crippen LogP contribution < -0.4 is 0 Å². The number of hydrogen-bond acceptors (Lipinski definition) is 4. The zero-order valence-corrected chi connectivity index (χ0v) is 19.1. The summed E-state index contributed by atoms with van der Waals surface area (Å²) in [5.41, 5.74) is -0.264. The minimum Gasteiger partial charge on any atom is -0.444 e. The van der Waals surface area contributed by atoms with Crippen molar-refractivity contribution in [1.82, 2.24) is 4.90 Å². The Morgan fingerprint density at radius 3 is 2.00 bits per heavy atom. The van der Waals surface area contributed by atoms with Crippen molar-refractivity contribution in [2.45, 2.75) is 78.2 Å². The molecule has 0 aromatic rings. The molecule has 0 aliphatic rings. The normalized spacial score (nSPS) is 13.7. The van der Waals surface area contributed by atoms with Crippen LogP contribution in [-0.2, 0) is 14.0 Å². The molecule has 0 aromatic carbocycles. The van der Waals surface area contributed by atoms with E-state index < -0.39 is 26.1 Å². The van der Waals surface area contributed by atoms with Gasteiger partial charge in [0, 0.05) is 0 Å². The first-order chi connectivity index (χ1) is 11.5. The van der Waals surface area contributed by atoms with Gasteiger partial charge < -0.3 is 9.16 Å². The third-order valence-electron chi connectivity index (χ3n) is 4.51. The molecule has 0 saturated carbocycles. The molecule has 1 unspecified atom stereocenters. The number of Topliss-reactive ketones (excluding diaryl/α,β-unsaturated/α-hetero) is 1. The molecule has 0 saturated heterocycles. The first-order valence-electron chi connectivity index (χ1n) is 8.96. The van der Waals surface area contributed by atoms with Gasteiger partial charge in [-0.25, -0.2) is 4.79 Å². The predicted molar refractivity (Wildman–Crippen MR) is 110 cm³/mol. The molecule has 6 heteroatoms. The summed E-state index contributed by atoms with van der Waals surface area (Å²) in [6, 6.07) is -0.456. The fourth-order valence-electron chi connectivity index (χ4n) is 1.72. The Morgan fingerprint density at radius 2 is 1.65 bits per heavy atom. The van der Waals surface area contributed by atoms with Crippen LogP contribution >= 0.6 is 0 Å². The van der Waals surface area contributed by atoms with E-state index in [4.69, 9.17) is 9.16 Å². The maximum Gasteiger partial charge on any atom is 0.411 e. The second kappa shape index (κ2) is 9.00. The molecule has 150 valence electrons. The van der Waals surface area contributed by atoms with Gasteiger partial charge in [-0.1, -0.05) is 33.4 Å². The highest BCUT2D eigenvalue weighted by atomic mass is 28.4. The Hall–Kier alpha value is -1.40. The number of ether oxygens (including phenoxy) is 1. The van der Waals surface area contributed by atoms with Crippen LogP contribution in [0, 0.1) is 0 Å². The largest absolute Gasteiger partial charge is 0.444 e. The highest BCUT2D eigenvalue weighted by molar-refractivity contribution is 6.74. The van der Waals surface area contributed by atoms with Crippen molar-refractivity contribution in [1.29, 1.82) is 0 Å². The summed E-state index contributed by atoms with van der Waals surface area (Å²) in [4.78, 5) is 26.2. The molecule has 1 amide bonds. The molecule has 1 atom stereocenters. The van der Waals surface area contributed by atoms with Crippen molar-refractivity contribution < 1.29 is 18.8 Å². The monoisotopic (exact) mass is 383 g/mol. The van der Waals surface area contributed by atoms with Crippen LogP contribution in [0.2, 0.25) is 18.1 Å². The summed E-state index contributed by atoms with van der Waals surface area (Å²) in [5.74, 6) is -0.213. The van der Waals surface area contributed by atoms with Gasteiger partial charge in [-0.3, -0.25) is 9.69 Å². The summed E-state index contributed by atoms with van der Waals surface area (Å²) < 4.78 is 11.7. The van der Waals surface area contributed by atoms with Crippen molar-refractivity contribution in [3.63, 3.8) is 0 Å². The average Bonchev–Trinajstić information content (AvgIpc) is 2.42. The van der Waals surface area contributed by atoms with Gasteiger partial charge >= 0.3 is 6.09 Å². The molecular formula is C20H37NO4Si. The molecule has 0 fully saturated rings. The average molecular weight is 384 g/mol. The van der Waals surface area contributed by atoms with Crippen LogP contribution in [-0.4, -0.2) is 49.9 Å². The smallest absolute Gasteiger partial charge is 0.411 e. The summed E-state index contributed by atoms with van der Waals surface area (Å²) >= 11 is 0. The van der Waals surface area contributed by atoms with Crippen LogP contribution in [0.25, 0.3) is 0 Å². The molecular weight excluding hydrogens is 346 g/mol. The van der Waals surface area contributed by atoms with E-state index in [1.54, 1.807) is 33.8 Å².